The molecule has 1 aliphatic heterocycles. The number of carbonyl (C=O) groups is 1. The number of rotatable bonds is 5. The minimum Gasteiger partial charge on any atom is -0.471 e. The molecule has 1 saturated carbocycles. The lowest BCUT2D eigenvalue weighted by molar-refractivity contribution is -0.141. The van der Waals surface area contributed by atoms with Gasteiger partial charge in [0.15, 0.2) is 11.4 Å². The van der Waals surface area contributed by atoms with Crippen LogP contribution in [0.2, 0.25) is 0 Å². The second kappa shape index (κ2) is 8.32. The van der Waals surface area contributed by atoms with Crippen LogP contribution in [0.15, 0.2) is 35.5 Å². The van der Waals surface area contributed by atoms with Crippen molar-refractivity contribution >= 4 is 17.3 Å². The summed E-state index contributed by atoms with van der Waals surface area (Å²) in [5.41, 5.74) is 0.355. The van der Waals surface area contributed by atoms with Gasteiger partial charge >= 0.3 is 6.18 Å². The molecule has 3 heterocycles. The molecule has 2 aromatic heterocycles. The summed E-state index contributed by atoms with van der Waals surface area (Å²) in [7, 11) is 0. The Bertz CT molecular complexity index is 1040. The van der Waals surface area contributed by atoms with Crippen LogP contribution < -0.4 is 4.74 Å². The number of halogens is 3. The molecule has 3 atom stereocenters. The largest absolute Gasteiger partial charge is 0.471 e. The van der Waals surface area contributed by atoms with Crippen molar-refractivity contribution in [3.63, 3.8) is 0 Å². The van der Waals surface area contributed by atoms with Crippen LogP contribution in [-0.4, -0.2) is 60.2 Å². The van der Waals surface area contributed by atoms with E-state index in [0.717, 1.165) is 12.6 Å². The van der Waals surface area contributed by atoms with E-state index < -0.39 is 11.9 Å². The lowest BCUT2D eigenvalue weighted by atomic mass is 10.1. The molecule has 12 heteroatoms. The van der Waals surface area contributed by atoms with Crippen molar-refractivity contribution < 1.29 is 22.7 Å². The van der Waals surface area contributed by atoms with Crippen LogP contribution in [0.25, 0.3) is 5.70 Å². The van der Waals surface area contributed by atoms with Crippen molar-refractivity contribution in [2.24, 2.45) is 10.9 Å². The Kier molecular flexibility index (Phi) is 5.70. The standard InChI is InChI=1S/C20H22F3N7O2/c1-11(2)28-18(12(3)30-26-4-5-27-30)19(31)29-10-13-6-14(29)15(7-13)32-17-9-24-16(8-25-17)20(21,22)23/h4-5,8-9,13-15H,6-7,10H2,1-3H3/b18-12+. The number of allylic oxidation sites excluding steroid dienone is 1. The van der Waals surface area contributed by atoms with Crippen LogP contribution in [0.5, 0.6) is 5.88 Å². The van der Waals surface area contributed by atoms with Crippen LogP contribution in [0.3, 0.4) is 0 Å². The van der Waals surface area contributed by atoms with Crippen LogP contribution in [0, 0.1) is 5.92 Å². The SMILES string of the molecule is CC(C)=N/C(C(=O)N1CC2CC(Oc3cnc(C(F)(F)F)cn3)C1C2)=C(\C)n1nccn1. The Morgan fingerprint density at radius 3 is 2.41 bits per heavy atom. The fourth-order valence-electron chi connectivity index (χ4n) is 4.13. The van der Waals surface area contributed by atoms with Crippen LogP contribution in [-0.2, 0) is 11.0 Å². The molecule has 9 nitrogen and oxygen atoms in total. The smallest absolute Gasteiger partial charge is 0.434 e. The molecule has 4 rings (SSSR count). The maximum atomic E-state index is 13.4. The Hall–Kier alpha value is -3.31. The van der Waals surface area contributed by atoms with E-state index in [1.54, 1.807) is 25.7 Å². The van der Waals surface area contributed by atoms with Crippen molar-refractivity contribution in [1.82, 2.24) is 29.9 Å². The maximum Gasteiger partial charge on any atom is 0.434 e. The van der Waals surface area contributed by atoms with Gasteiger partial charge in [0.25, 0.3) is 5.91 Å². The molecule has 0 N–H and O–H groups in total. The highest BCUT2D eigenvalue weighted by Crippen LogP contribution is 2.40. The van der Waals surface area contributed by atoms with Crippen molar-refractivity contribution in [3.05, 3.63) is 36.2 Å². The van der Waals surface area contributed by atoms with Gasteiger partial charge in [0.2, 0.25) is 5.88 Å². The molecule has 2 bridgehead atoms. The third kappa shape index (κ3) is 4.34. The van der Waals surface area contributed by atoms with Crippen molar-refractivity contribution in [2.45, 2.75) is 51.9 Å². The van der Waals surface area contributed by atoms with Gasteiger partial charge in [-0.1, -0.05) is 0 Å². The second-order valence-electron chi connectivity index (χ2n) is 8.07. The molecule has 2 aromatic rings. The zero-order chi connectivity index (χ0) is 23.0. The minimum atomic E-state index is -4.57. The first kappa shape index (κ1) is 21.9. The minimum absolute atomic E-state index is 0.00180. The molecule has 1 aliphatic carbocycles. The summed E-state index contributed by atoms with van der Waals surface area (Å²) >= 11 is 0. The quantitative estimate of drug-likeness (QED) is 0.514. The third-order valence-electron chi connectivity index (χ3n) is 5.48. The average Bonchev–Trinajstić information content (AvgIpc) is 3.48. The van der Waals surface area contributed by atoms with E-state index in [4.69, 9.17) is 4.74 Å². The topological polar surface area (TPSA) is 98.4 Å². The summed E-state index contributed by atoms with van der Waals surface area (Å²) in [4.78, 5) is 28.1. The monoisotopic (exact) mass is 449 g/mol. The van der Waals surface area contributed by atoms with Crippen molar-refractivity contribution in [1.29, 1.82) is 0 Å². The zero-order valence-corrected chi connectivity index (χ0v) is 17.7. The van der Waals surface area contributed by atoms with Crippen molar-refractivity contribution in [3.8, 4) is 5.88 Å². The number of aromatic nitrogens is 5. The fourth-order valence-corrected chi connectivity index (χ4v) is 4.13. The van der Waals surface area contributed by atoms with E-state index in [1.807, 2.05) is 0 Å². The highest BCUT2D eigenvalue weighted by Gasteiger charge is 2.49. The van der Waals surface area contributed by atoms with Crippen LogP contribution >= 0.6 is 0 Å². The number of aliphatic imine (C=N–C) groups is 1. The van der Waals surface area contributed by atoms with Gasteiger partial charge in [0.05, 0.1) is 36.5 Å². The second-order valence-corrected chi connectivity index (χ2v) is 8.07. The number of fused-ring (bicyclic) bond motifs is 2. The Morgan fingerprint density at radius 1 is 1.12 bits per heavy atom. The first-order chi connectivity index (χ1) is 15.1. The summed E-state index contributed by atoms with van der Waals surface area (Å²) in [5, 5.41) is 8.17. The Balaban J connectivity index is 1.54. The molecule has 32 heavy (non-hydrogen) atoms. The highest BCUT2D eigenvalue weighted by molar-refractivity contribution is 6.01. The summed E-state index contributed by atoms with van der Waals surface area (Å²) in [6.07, 6.45) is 1.11. The van der Waals surface area contributed by atoms with Gasteiger partial charge < -0.3 is 9.64 Å². The van der Waals surface area contributed by atoms with Crippen LogP contribution in [0.1, 0.15) is 39.3 Å². The number of ether oxygens (including phenoxy) is 1. The van der Waals surface area contributed by atoms with E-state index in [1.165, 1.54) is 17.2 Å². The summed E-state index contributed by atoms with van der Waals surface area (Å²) in [6, 6.07) is -0.239. The number of alkyl halides is 3. The van der Waals surface area contributed by atoms with E-state index in [9.17, 15) is 18.0 Å². The fraction of sp³-hybridized carbons (Fsp3) is 0.500. The number of likely N-dealkylation sites (tertiary alicyclic amines) is 1. The predicted octanol–water partition coefficient (Wildman–Crippen LogP) is 2.82. The number of carbonyl (C=O) groups excluding carboxylic acids is 1. The first-order valence-electron chi connectivity index (χ1n) is 10.1. The molecule has 0 spiro atoms. The predicted molar refractivity (Wildman–Crippen MR) is 107 cm³/mol. The summed E-state index contributed by atoms with van der Waals surface area (Å²) in [5.74, 6) is -0.0363. The number of amides is 1. The first-order valence-corrected chi connectivity index (χ1v) is 10.1. The van der Waals surface area contributed by atoms with Gasteiger partial charge in [-0.3, -0.25) is 9.79 Å². The molecule has 2 fully saturated rings. The molecule has 1 saturated heterocycles. The Labute approximate surface area is 182 Å². The van der Waals surface area contributed by atoms with Gasteiger partial charge in [-0.15, -0.1) is 0 Å². The molecule has 1 amide bonds. The van der Waals surface area contributed by atoms with E-state index >= 15 is 0 Å². The zero-order valence-electron chi connectivity index (χ0n) is 17.7. The van der Waals surface area contributed by atoms with Crippen molar-refractivity contribution in [2.75, 3.05) is 6.54 Å². The molecule has 2 aliphatic rings. The lowest BCUT2D eigenvalue weighted by Crippen LogP contribution is -2.47. The van der Waals surface area contributed by atoms with Gasteiger partial charge in [0.1, 0.15) is 6.10 Å². The third-order valence-corrected chi connectivity index (χ3v) is 5.48. The van der Waals surface area contributed by atoms with E-state index in [0.29, 0.717) is 30.6 Å². The van der Waals surface area contributed by atoms with Gasteiger partial charge in [-0.05, 0) is 39.5 Å². The lowest BCUT2D eigenvalue weighted by Gasteiger charge is -2.33. The highest BCUT2D eigenvalue weighted by atomic mass is 19.4. The normalized spacial score (nSPS) is 23.2. The van der Waals surface area contributed by atoms with E-state index in [2.05, 4.69) is 25.2 Å². The van der Waals surface area contributed by atoms with Gasteiger partial charge in [-0.25, -0.2) is 9.97 Å². The van der Waals surface area contributed by atoms with E-state index in [-0.39, 0.29) is 35.5 Å². The number of piperidine rings is 1. The molecule has 170 valence electrons. The van der Waals surface area contributed by atoms with Gasteiger partial charge in [0, 0.05) is 12.3 Å². The summed E-state index contributed by atoms with van der Waals surface area (Å²) < 4.78 is 44.0. The van der Waals surface area contributed by atoms with Crippen LogP contribution in [0.4, 0.5) is 13.2 Å². The van der Waals surface area contributed by atoms with Gasteiger partial charge in [-0.2, -0.15) is 28.2 Å². The number of nitrogens with zero attached hydrogens (tertiary/aromatic N) is 7. The molecule has 3 unspecified atom stereocenters. The average molecular weight is 449 g/mol. The Morgan fingerprint density at radius 2 is 1.84 bits per heavy atom. The molecular weight excluding hydrogens is 427 g/mol. The molecule has 0 aromatic carbocycles. The molecular formula is C20H22F3N7O2. The summed E-state index contributed by atoms with van der Waals surface area (Å²) in [6.45, 7) is 5.87. The number of hydrogen-bond donors (Lipinski definition) is 0. The maximum absolute atomic E-state index is 13.4. The number of hydrogen-bond acceptors (Lipinski definition) is 7. The molecule has 0 radical (unpaired) electrons.